The number of rotatable bonds is 13. The SMILES string of the molecule is O=C(CCNC[C@H](O)c1ccc(O)c2[nH]c(=O)ccc12)NC1CCC(CCN2CCC(OC(=O)Nc3ccccc3-c3ccccc3)CC2)CC1. The molecule has 1 aliphatic heterocycles. The van der Waals surface area contributed by atoms with Crippen LogP contribution in [0.1, 0.15) is 63.0 Å². The second-order valence-corrected chi connectivity index (χ2v) is 13.8. The molecule has 0 unspecified atom stereocenters. The Morgan fingerprint density at radius 1 is 0.902 bits per heavy atom. The van der Waals surface area contributed by atoms with E-state index in [1.807, 2.05) is 54.6 Å². The number of aliphatic hydroxyl groups excluding tert-OH is 1. The van der Waals surface area contributed by atoms with Crippen LogP contribution in [0.25, 0.3) is 22.0 Å². The lowest BCUT2D eigenvalue weighted by Gasteiger charge is -2.34. The highest BCUT2D eigenvalue weighted by Crippen LogP contribution is 2.30. The number of aliphatic hydroxyl groups is 1. The third kappa shape index (κ3) is 9.96. The average molecular weight is 696 g/mol. The van der Waals surface area contributed by atoms with Gasteiger partial charge in [0.15, 0.2) is 0 Å². The van der Waals surface area contributed by atoms with E-state index in [0.29, 0.717) is 35.3 Å². The Morgan fingerprint density at radius 2 is 1.65 bits per heavy atom. The zero-order valence-corrected chi connectivity index (χ0v) is 29.0. The first-order chi connectivity index (χ1) is 24.8. The lowest BCUT2D eigenvalue weighted by molar-refractivity contribution is -0.122. The first-order valence-electron chi connectivity index (χ1n) is 18.2. The highest BCUT2D eigenvalue weighted by molar-refractivity contribution is 5.91. The van der Waals surface area contributed by atoms with Gasteiger partial charge in [-0.15, -0.1) is 0 Å². The summed E-state index contributed by atoms with van der Waals surface area (Å²) in [5.41, 5.74) is 3.31. The number of pyridine rings is 1. The summed E-state index contributed by atoms with van der Waals surface area (Å²) in [6.45, 7) is 3.55. The molecule has 4 aromatic rings. The maximum Gasteiger partial charge on any atom is 0.411 e. The number of anilines is 1. The van der Waals surface area contributed by atoms with Gasteiger partial charge in [-0.05, 0) is 86.7 Å². The summed E-state index contributed by atoms with van der Waals surface area (Å²) in [5, 5.41) is 30.7. The van der Waals surface area contributed by atoms with Crippen molar-refractivity contribution in [2.75, 3.05) is 38.0 Å². The quantitative estimate of drug-likeness (QED) is 0.0975. The van der Waals surface area contributed by atoms with Crippen LogP contribution >= 0.6 is 0 Å². The summed E-state index contributed by atoms with van der Waals surface area (Å²) in [6, 6.07) is 24.0. The van der Waals surface area contributed by atoms with Gasteiger partial charge in [-0.1, -0.05) is 54.6 Å². The van der Waals surface area contributed by atoms with E-state index in [1.165, 1.54) is 12.1 Å². The van der Waals surface area contributed by atoms with Gasteiger partial charge < -0.3 is 35.5 Å². The van der Waals surface area contributed by atoms with Crippen LogP contribution in [0.3, 0.4) is 0 Å². The fourth-order valence-electron chi connectivity index (χ4n) is 7.36. The number of nitrogens with one attached hydrogen (secondary N) is 4. The number of amides is 2. The maximum absolute atomic E-state index is 12.8. The van der Waals surface area contributed by atoms with Crippen molar-refractivity contribution in [3.8, 4) is 16.9 Å². The highest BCUT2D eigenvalue weighted by Gasteiger charge is 2.26. The number of para-hydroxylation sites is 1. The molecule has 2 heterocycles. The topological polar surface area (TPSA) is 156 Å². The number of H-pyrrole nitrogens is 1. The van der Waals surface area contributed by atoms with Crippen molar-refractivity contribution >= 4 is 28.6 Å². The smallest absolute Gasteiger partial charge is 0.411 e. The Kier molecular flexibility index (Phi) is 12.4. The Bertz CT molecular complexity index is 1820. The van der Waals surface area contributed by atoms with E-state index in [1.54, 1.807) is 12.1 Å². The van der Waals surface area contributed by atoms with Crippen molar-refractivity contribution in [3.63, 3.8) is 0 Å². The van der Waals surface area contributed by atoms with Crippen molar-refractivity contribution in [1.82, 2.24) is 20.5 Å². The zero-order valence-electron chi connectivity index (χ0n) is 29.0. The van der Waals surface area contributed by atoms with Gasteiger partial charge in [-0.3, -0.25) is 14.9 Å². The van der Waals surface area contributed by atoms with E-state index in [9.17, 15) is 24.6 Å². The van der Waals surface area contributed by atoms with E-state index in [4.69, 9.17) is 4.74 Å². The van der Waals surface area contributed by atoms with Crippen LogP contribution in [0, 0.1) is 5.92 Å². The van der Waals surface area contributed by atoms with Gasteiger partial charge in [0, 0.05) is 55.7 Å². The van der Waals surface area contributed by atoms with Crippen molar-refractivity contribution in [1.29, 1.82) is 0 Å². The number of nitrogens with zero attached hydrogens (tertiary/aromatic N) is 1. The molecule has 3 aromatic carbocycles. The number of aromatic nitrogens is 1. The summed E-state index contributed by atoms with van der Waals surface area (Å²) in [4.78, 5) is 42.1. The molecule has 0 spiro atoms. The van der Waals surface area contributed by atoms with Gasteiger partial charge in [0.05, 0.1) is 17.3 Å². The molecule has 51 heavy (non-hydrogen) atoms. The number of phenolic OH excluding ortho intramolecular Hbond substituents is 1. The van der Waals surface area contributed by atoms with Crippen LogP contribution in [0.5, 0.6) is 5.75 Å². The van der Waals surface area contributed by atoms with Crippen LogP contribution < -0.4 is 21.5 Å². The van der Waals surface area contributed by atoms with Gasteiger partial charge in [0.1, 0.15) is 11.9 Å². The lowest BCUT2D eigenvalue weighted by Crippen LogP contribution is -2.40. The predicted octanol–water partition coefficient (Wildman–Crippen LogP) is 5.69. The molecule has 2 amide bonds. The second kappa shape index (κ2) is 17.5. The number of piperidine rings is 1. The summed E-state index contributed by atoms with van der Waals surface area (Å²) >= 11 is 0. The Morgan fingerprint density at radius 3 is 2.43 bits per heavy atom. The van der Waals surface area contributed by atoms with Gasteiger partial charge in [0.2, 0.25) is 11.5 Å². The standard InChI is InChI=1S/C40H49N5O6/c46-35-16-14-32(33-15-17-37(48)44-39(33)35)36(47)26-41-22-18-38(49)42-29-12-10-27(11-13-29)19-23-45-24-20-30(21-25-45)51-40(50)43-34-9-5-4-8-31(34)28-6-2-1-3-7-28/h1-9,14-17,27,29-30,36,41,46-47H,10-13,18-26H2,(H,42,49)(H,43,50)(H,44,48)/t27?,29?,36-/m0/s1. The van der Waals surface area contributed by atoms with Gasteiger partial charge in [-0.25, -0.2) is 4.79 Å². The molecule has 6 rings (SSSR count). The number of hydrogen-bond acceptors (Lipinski definition) is 8. The number of ether oxygens (including phenoxy) is 1. The summed E-state index contributed by atoms with van der Waals surface area (Å²) in [6.07, 6.45) is 5.93. The second-order valence-electron chi connectivity index (χ2n) is 13.8. The molecule has 11 nitrogen and oxygen atoms in total. The molecule has 1 aliphatic carbocycles. The number of carbonyl (C=O) groups excluding carboxylic acids is 2. The van der Waals surface area contributed by atoms with E-state index in [0.717, 1.165) is 81.4 Å². The van der Waals surface area contributed by atoms with Crippen molar-refractivity contribution in [3.05, 3.63) is 94.8 Å². The number of aromatic hydroxyl groups is 1. The molecule has 270 valence electrons. The van der Waals surface area contributed by atoms with E-state index < -0.39 is 12.2 Å². The van der Waals surface area contributed by atoms with E-state index >= 15 is 0 Å². The molecule has 0 bridgehead atoms. The summed E-state index contributed by atoms with van der Waals surface area (Å²) in [5.74, 6) is 0.608. The number of benzene rings is 3. The summed E-state index contributed by atoms with van der Waals surface area (Å²) < 4.78 is 5.81. The Balaban J connectivity index is 0.827. The van der Waals surface area contributed by atoms with Crippen molar-refractivity contribution < 1.29 is 24.5 Å². The molecule has 6 N–H and O–H groups in total. The average Bonchev–Trinajstić information content (AvgIpc) is 3.14. The van der Waals surface area contributed by atoms with E-state index in [-0.39, 0.29) is 35.9 Å². The van der Waals surface area contributed by atoms with Crippen molar-refractivity contribution in [2.45, 2.75) is 69.6 Å². The molecule has 1 aromatic heterocycles. The first kappa shape index (κ1) is 36.1. The predicted molar refractivity (Wildman–Crippen MR) is 199 cm³/mol. The fourth-order valence-corrected chi connectivity index (χ4v) is 7.36. The van der Waals surface area contributed by atoms with Crippen LogP contribution in [-0.4, -0.2) is 77.0 Å². The third-order valence-corrected chi connectivity index (χ3v) is 10.3. The molecule has 0 radical (unpaired) electrons. The first-order valence-corrected chi connectivity index (χ1v) is 18.2. The molecule has 1 saturated carbocycles. The molecule has 1 atom stereocenters. The van der Waals surface area contributed by atoms with Crippen LogP contribution in [0.4, 0.5) is 10.5 Å². The highest BCUT2D eigenvalue weighted by atomic mass is 16.6. The molecule has 1 saturated heterocycles. The number of fused-ring (bicyclic) bond motifs is 1. The molecular weight excluding hydrogens is 646 g/mol. The molecule has 2 aliphatic rings. The zero-order chi connectivity index (χ0) is 35.6. The number of carbonyl (C=O) groups is 2. The van der Waals surface area contributed by atoms with Gasteiger partial charge in [0.25, 0.3) is 0 Å². The summed E-state index contributed by atoms with van der Waals surface area (Å²) in [7, 11) is 0. The van der Waals surface area contributed by atoms with Crippen LogP contribution in [0.2, 0.25) is 0 Å². The third-order valence-electron chi connectivity index (χ3n) is 10.3. The molecule has 11 heteroatoms. The Hall–Kier alpha value is -4.71. The molecular formula is C40H49N5O6. The Labute approximate surface area is 298 Å². The largest absolute Gasteiger partial charge is 0.506 e. The van der Waals surface area contributed by atoms with Crippen LogP contribution in [-0.2, 0) is 9.53 Å². The van der Waals surface area contributed by atoms with Gasteiger partial charge >= 0.3 is 6.09 Å². The maximum atomic E-state index is 12.8. The minimum Gasteiger partial charge on any atom is -0.506 e. The van der Waals surface area contributed by atoms with E-state index in [2.05, 4.69) is 25.8 Å². The molecule has 2 fully saturated rings. The lowest BCUT2D eigenvalue weighted by atomic mass is 9.84. The van der Waals surface area contributed by atoms with Crippen molar-refractivity contribution in [2.24, 2.45) is 5.92 Å². The minimum atomic E-state index is -0.863. The fraction of sp³-hybridized carbons (Fsp3) is 0.425. The number of aromatic amines is 1. The number of likely N-dealkylation sites (tertiary alicyclic amines) is 1. The van der Waals surface area contributed by atoms with Crippen LogP contribution in [0.15, 0.2) is 83.7 Å². The van der Waals surface area contributed by atoms with Gasteiger partial charge in [-0.2, -0.15) is 0 Å². The normalized spacial score (nSPS) is 19.0. The number of hydrogen-bond donors (Lipinski definition) is 6. The monoisotopic (exact) mass is 695 g/mol. The minimum absolute atomic E-state index is 0.00673. The number of phenols is 1.